The molecule has 27 heavy (non-hydrogen) atoms. The van der Waals surface area contributed by atoms with Gasteiger partial charge in [-0.2, -0.15) is 0 Å². The second kappa shape index (κ2) is 7.79. The lowest BCUT2D eigenvalue weighted by Gasteiger charge is -2.12. The Morgan fingerprint density at radius 2 is 1.85 bits per heavy atom. The Bertz CT molecular complexity index is 1050. The highest BCUT2D eigenvalue weighted by Crippen LogP contribution is 2.27. The van der Waals surface area contributed by atoms with E-state index in [4.69, 9.17) is 17.0 Å². The van der Waals surface area contributed by atoms with E-state index in [0.717, 1.165) is 22.5 Å². The van der Waals surface area contributed by atoms with E-state index in [2.05, 4.69) is 10.6 Å². The summed E-state index contributed by atoms with van der Waals surface area (Å²) in [5.74, 6) is -0.480. The first kappa shape index (κ1) is 18.3. The normalized spacial score (nSPS) is 10.3. The van der Waals surface area contributed by atoms with Gasteiger partial charge in [-0.15, -0.1) is 0 Å². The van der Waals surface area contributed by atoms with Crippen LogP contribution < -0.4 is 15.4 Å². The van der Waals surface area contributed by atoms with Crippen LogP contribution in [0.5, 0.6) is 5.75 Å². The summed E-state index contributed by atoms with van der Waals surface area (Å²) in [6.45, 7) is 0. The Morgan fingerprint density at radius 1 is 1.11 bits per heavy atom. The van der Waals surface area contributed by atoms with Gasteiger partial charge in [-0.3, -0.25) is 20.2 Å². The summed E-state index contributed by atoms with van der Waals surface area (Å²) in [5.41, 5.74) is 0.557. The number of anilines is 1. The molecule has 1 amide bonds. The summed E-state index contributed by atoms with van der Waals surface area (Å²) in [6, 6.07) is 17.4. The minimum Gasteiger partial charge on any atom is -0.490 e. The smallest absolute Gasteiger partial charge is 0.311 e. The molecule has 0 aliphatic rings. The lowest BCUT2D eigenvalue weighted by molar-refractivity contribution is -0.385. The van der Waals surface area contributed by atoms with Gasteiger partial charge in [-0.05, 0) is 35.8 Å². The van der Waals surface area contributed by atoms with Gasteiger partial charge in [0.2, 0.25) is 0 Å². The van der Waals surface area contributed by atoms with Crippen molar-refractivity contribution >= 4 is 45.4 Å². The van der Waals surface area contributed by atoms with Crippen molar-refractivity contribution in [2.75, 3.05) is 12.4 Å². The van der Waals surface area contributed by atoms with E-state index in [1.807, 2.05) is 42.5 Å². The molecule has 136 valence electrons. The van der Waals surface area contributed by atoms with Crippen molar-refractivity contribution in [3.05, 3.63) is 76.3 Å². The lowest BCUT2D eigenvalue weighted by atomic mass is 10.1. The van der Waals surface area contributed by atoms with Gasteiger partial charge in [0.15, 0.2) is 10.9 Å². The largest absolute Gasteiger partial charge is 0.490 e. The number of methoxy groups -OCH3 is 1. The molecule has 0 atom stereocenters. The molecule has 0 saturated heterocycles. The van der Waals surface area contributed by atoms with Crippen LogP contribution in [0.15, 0.2) is 60.7 Å². The number of nitro groups is 1. The van der Waals surface area contributed by atoms with Gasteiger partial charge >= 0.3 is 5.69 Å². The SMILES string of the molecule is COc1ccc(C(=O)NC(=S)Nc2cccc3ccccc23)cc1[N+](=O)[O-]. The van der Waals surface area contributed by atoms with Crippen molar-refractivity contribution in [3.8, 4) is 5.75 Å². The highest BCUT2D eigenvalue weighted by Gasteiger charge is 2.18. The Labute approximate surface area is 160 Å². The molecule has 0 aliphatic carbocycles. The van der Waals surface area contributed by atoms with Crippen molar-refractivity contribution in [1.82, 2.24) is 5.32 Å². The third-order valence-corrected chi connectivity index (χ3v) is 4.11. The molecule has 0 unspecified atom stereocenters. The van der Waals surface area contributed by atoms with Gasteiger partial charge in [-0.25, -0.2) is 0 Å². The molecule has 0 aromatic heterocycles. The number of ether oxygens (including phenoxy) is 1. The molecule has 3 aromatic carbocycles. The molecule has 2 N–H and O–H groups in total. The van der Waals surface area contributed by atoms with Gasteiger partial charge in [0.05, 0.1) is 12.0 Å². The first-order valence-electron chi connectivity index (χ1n) is 7.92. The number of nitrogens with zero attached hydrogens (tertiary/aromatic N) is 1. The van der Waals surface area contributed by atoms with E-state index in [9.17, 15) is 14.9 Å². The summed E-state index contributed by atoms with van der Waals surface area (Å²) in [4.78, 5) is 22.9. The fourth-order valence-corrected chi connectivity index (χ4v) is 2.84. The highest BCUT2D eigenvalue weighted by molar-refractivity contribution is 7.80. The molecule has 3 aromatic rings. The summed E-state index contributed by atoms with van der Waals surface area (Å²) >= 11 is 5.21. The average molecular weight is 381 g/mol. The summed E-state index contributed by atoms with van der Waals surface area (Å²) in [7, 11) is 1.32. The number of benzene rings is 3. The fourth-order valence-electron chi connectivity index (χ4n) is 2.64. The van der Waals surface area contributed by atoms with Crippen LogP contribution in [-0.2, 0) is 0 Å². The third-order valence-electron chi connectivity index (χ3n) is 3.90. The van der Waals surface area contributed by atoms with E-state index < -0.39 is 10.8 Å². The Hall–Kier alpha value is -3.52. The van der Waals surface area contributed by atoms with Crippen LogP contribution in [0.2, 0.25) is 0 Å². The molecule has 0 spiro atoms. The Morgan fingerprint density at radius 3 is 2.59 bits per heavy atom. The van der Waals surface area contributed by atoms with E-state index in [-0.39, 0.29) is 22.1 Å². The Kier molecular flexibility index (Phi) is 5.28. The zero-order valence-corrected chi connectivity index (χ0v) is 15.1. The van der Waals surface area contributed by atoms with Crippen molar-refractivity contribution in [3.63, 3.8) is 0 Å². The molecule has 0 radical (unpaired) electrons. The number of nitrogens with one attached hydrogen (secondary N) is 2. The number of rotatable bonds is 4. The van der Waals surface area contributed by atoms with Gasteiger partial charge < -0.3 is 10.1 Å². The van der Waals surface area contributed by atoms with E-state index in [1.165, 1.54) is 19.2 Å². The first-order valence-corrected chi connectivity index (χ1v) is 8.33. The van der Waals surface area contributed by atoms with E-state index >= 15 is 0 Å². The number of fused-ring (bicyclic) bond motifs is 1. The number of carbonyl (C=O) groups is 1. The van der Waals surface area contributed by atoms with Crippen molar-refractivity contribution in [2.45, 2.75) is 0 Å². The van der Waals surface area contributed by atoms with Crippen LogP contribution in [-0.4, -0.2) is 23.1 Å². The summed E-state index contributed by atoms with van der Waals surface area (Å²) in [5, 5.41) is 18.7. The van der Waals surface area contributed by atoms with Crippen LogP contribution in [0.1, 0.15) is 10.4 Å². The quantitative estimate of drug-likeness (QED) is 0.405. The summed E-state index contributed by atoms with van der Waals surface area (Å²) in [6.07, 6.45) is 0. The first-order chi connectivity index (χ1) is 13.0. The van der Waals surface area contributed by atoms with Crippen molar-refractivity contribution in [2.24, 2.45) is 0 Å². The second-order valence-corrected chi connectivity index (χ2v) is 5.99. The van der Waals surface area contributed by atoms with Crippen molar-refractivity contribution in [1.29, 1.82) is 0 Å². The zero-order valence-electron chi connectivity index (χ0n) is 14.3. The van der Waals surface area contributed by atoms with Crippen LogP contribution in [0.4, 0.5) is 11.4 Å². The standard InChI is InChI=1S/C19H15N3O4S/c1-26-17-10-9-13(11-16(17)22(24)25)18(23)21-19(27)20-15-8-4-6-12-5-2-3-7-14(12)15/h2-11H,1H3,(H2,20,21,23,27). The predicted octanol–water partition coefficient (Wildman–Crippen LogP) is 3.88. The zero-order chi connectivity index (χ0) is 19.4. The minimum absolute atomic E-state index is 0.0769. The molecule has 7 nitrogen and oxygen atoms in total. The number of carbonyl (C=O) groups excluding carboxylic acids is 1. The Balaban J connectivity index is 1.77. The maximum absolute atomic E-state index is 12.4. The lowest BCUT2D eigenvalue weighted by Crippen LogP contribution is -2.34. The van der Waals surface area contributed by atoms with Crippen LogP contribution in [0, 0.1) is 10.1 Å². The number of hydrogen-bond donors (Lipinski definition) is 2. The maximum Gasteiger partial charge on any atom is 0.311 e. The van der Waals surface area contributed by atoms with Gasteiger partial charge in [0.1, 0.15) is 0 Å². The predicted molar refractivity (Wildman–Crippen MR) is 107 cm³/mol. The van der Waals surface area contributed by atoms with Crippen LogP contribution in [0.3, 0.4) is 0 Å². The van der Waals surface area contributed by atoms with E-state index in [1.54, 1.807) is 0 Å². The average Bonchev–Trinajstić information content (AvgIpc) is 2.67. The van der Waals surface area contributed by atoms with E-state index in [0.29, 0.717) is 0 Å². The summed E-state index contributed by atoms with van der Waals surface area (Å²) < 4.78 is 4.93. The number of thiocarbonyl (C=S) groups is 1. The van der Waals surface area contributed by atoms with Gasteiger partial charge in [-0.1, -0.05) is 36.4 Å². The molecule has 0 bridgehead atoms. The van der Waals surface area contributed by atoms with Gasteiger partial charge in [0, 0.05) is 22.7 Å². The molecule has 8 heteroatoms. The molecule has 3 rings (SSSR count). The maximum atomic E-state index is 12.4. The molecular weight excluding hydrogens is 366 g/mol. The van der Waals surface area contributed by atoms with Gasteiger partial charge in [0.25, 0.3) is 5.91 Å². The fraction of sp³-hybridized carbons (Fsp3) is 0.0526. The molecule has 0 fully saturated rings. The number of nitro benzene ring substituents is 1. The second-order valence-electron chi connectivity index (χ2n) is 5.58. The van der Waals surface area contributed by atoms with Crippen molar-refractivity contribution < 1.29 is 14.5 Å². The molecule has 0 aliphatic heterocycles. The third kappa shape index (κ3) is 4.01. The highest BCUT2D eigenvalue weighted by atomic mass is 32.1. The molecule has 0 saturated carbocycles. The monoisotopic (exact) mass is 381 g/mol. The van der Waals surface area contributed by atoms with Crippen LogP contribution >= 0.6 is 12.2 Å². The van der Waals surface area contributed by atoms with Crippen LogP contribution in [0.25, 0.3) is 10.8 Å². The number of hydrogen-bond acceptors (Lipinski definition) is 5. The molecular formula is C19H15N3O4S. The minimum atomic E-state index is -0.609. The number of amides is 1. The molecule has 0 heterocycles. The topological polar surface area (TPSA) is 93.5 Å².